The highest BCUT2D eigenvalue weighted by Crippen LogP contribution is 2.12. The zero-order valence-electron chi connectivity index (χ0n) is 7.53. The number of nitrogens with zero attached hydrogens (tertiary/aromatic N) is 1. The second-order valence-corrected chi connectivity index (χ2v) is 2.83. The summed E-state index contributed by atoms with van der Waals surface area (Å²) in [6.07, 6.45) is 5.49. The van der Waals surface area contributed by atoms with E-state index in [-0.39, 0.29) is 0 Å². The number of aromatic nitrogens is 1. The molecule has 13 heavy (non-hydrogen) atoms. The number of hydrogen-bond acceptors (Lipinski definition) is 2. The predicted molar refractivity (Wildman–Crippen MR) is 54.3 cm³/mol. The van der Waals surface area contributed by atoms with Crippen LogP contribution in [0.25, 0.3) is 0 Å². The first kappa shape index (κ1) is 10.1. The summed E-state index contributed by atoms with van der Waals surface area (Å²) in [5.41, 5.74) is 0.904. The van der Waals surface area contributed by atoms with Gasteiger partial charge in [-0.2, -0.15) is 0 Å². The van der Waals surface area contributed by atoms with Crippen molar-refractivity contribution in [3.63, 3.8) is 0 Å². The van der Waals surface area contributed by atoms with Crippen molar-refractivity contribution in [2.75, 3.05) is 12.5 Å². The van der Waals surface area contributed by atoms with Crippen LogP contribution in [0.4, 0.5) is 0 Å². The molecule has 1 heterocycles. The standard InChI is InChI=1S/C10H12ClNO/c1-9-10(5-4-7-12-9)13-8-3-2-6-11/h2-5,7H,6,8H2,1H3. The van der Waals surface area contributed by atoms with E-state index in [2.05, 4.69) is 4.98 Å². The largest absolute Gasteiger partial charge is 0.488 e. The Morgan fingerprint density at radius 2 is 2.38 bits per heavy atom. The number of rotatable bonds is 4. The highest BCUT2D eigenvalue weighted by molar-refractivity contribution is 6.18. The molecule has 0 aliphatic carbocycles. The van der Waals surface area contributed by atoms with Gasteiger partial charge in [0.25, 0.3) is 0 Å². The average molecular weight is 198 g/mol. The van der Waals surface area contributed by atoms with Crippen LogP contribution in [0.15, 0.2) is 30.5 Å². The maximum absolute atomic E-state index is 5.46. The smallest absolute Gasteiger partial charge is 0.140 e. The molecule has 70 valence electrons. The summed E-state index contributed by atoms with van der Waals surface area (Å²) in [7, 11) is 0. The quantitative estimate of drug-likeness (QED) is 0.547. The minimum Gasteiger partial charge on any atom is -0.488 e. The van der Waals surface area contributed by atoms with E-state index in [9.17, 15) is 0 Å². The number of hydrogen-bond donors (Lipinski definition) is 0. The molecular weight excluding hydrogens is 186 g/mol. The first-order valence-corrected chi connectivity index (χ1v) is 4.63. The summed E-state index contributed by atoms with van der Waals surface area (Å²) in [6, 6.07) is 3.75. The summed E-state index contributed by atoms with van der Waals surface area (Å²) in [5.74, 6) is 1.34. The number of pyridine rings is 1. The van der Waals surface area contributed by atoms with Gasteiger partial charge in [-0.05, 0) is 19.1 Å². The van der Waals surface area contributed by atoms with Gasteiger partial charge < -0.3 is 4.74 Å². The summed E-state index contributed by atoms with van der Waals surface area (Å²) < 4.78 is 5.43. The van der Waals surface area contributed by atoms with E-state index in [0.29, 0.717) is 12.5 Å². The van der Waals surface area contributed by atoms with Gasteiger partial charge in [-0.3, -0.25) is 4.98 Å². The van der Waals surface area contributed by atoms with Crippen LogP contribution >= 0.6 is 11.6 Å². The third kappa shape index (κ3) is 3.47. The van der Waals surface area contributed by atoms with Gasteiger partial charge in [-0.15, -0.1) is 11.6 Å². The van der Waals surface area contributed by atoms with E-state index in [1.165, 1.54) is 0 Å². The van der Waals surface area contributed by atoms with Gasteiger partial charge in [0.15, 0.2) is 0 Å². The molecule has 0 fully saturated rings. The van der Waals surface area contributed by atoms with Crippen LogP contribution in [-0.4, -0.2) is 17.5 Å². The van der Waals surface area contributed by atoms with Crippen molar-refractivity contribution in [3.8, 4) is 5.75 Å². The molecule has 0 aliphatic rings. The molecule has 2 nitrogen and oxygen atoms in total. The van der Waals surface area contributed by atoms with E-state index in [0.717, 1.165) is 11.4 Å². The van der Waals surface area contributed by atoms with Crippen molar-refractivity contribution >= 4 is 11.6 Å². The van der Waals surface area contributed by atoms with Crippen LogP contribution in [0, 0.1) is 6.92 Å². The van der Waals surface area contributed by atoms with Crippen LogP contribution in [0.5, 0.6) is 5.75 Å². The van der Waals surface area contributed by atoms with Gasteiger partial charge in [-0.1, -0.05) is 12.2 Å². The third-order valence-corrected chi connectivity index (χ3v) is 1.73. The second kappa shape index (κ2) is 5.60. The maximum atomic E-state index is 5.46. The fourth-order valence-electron chi connectivity index (χ4n) is 0.891. The molecule has 0 saturated heterocycles. The van der Waals surface area contributed by atoms with Crippen LogP contribution in [-0.2, 0) is 0 Å². The van der Waals surface area contributed by atoms with E-state index in [1.807, 2.05) is 31.2 Å². The molecule has 0 bridgehead atoms. The van der Waals surface area contributed by atoms with Crippen molar-refractivity contribution < 1.29 is 4.74 Å². The Morgan fingerprint density at radius 3 is 3.08 bits per heavy atom. The van der Waals surface area contributed by atoms with Gasteiger partial charge in [0.2, 0.25) is 0 Å². The third-order valence-electron chi connectivity index (χ3n) is 1.55. The molecule has 3 heteroatoms. The van der Waals surface area contributed by atoms with Crippen LogP contribution in [0.3, 0.4) is 0 Å². The maximum Gasteiger partial charge on any atom is 0.140 e. The lowest BCUT2D eigenvalue weighted by Crippen LogP contribution is -1.96. The number of aryl methyl sites for hydroxylation is 1. The van der Waals surface area contributed by atoms with Gasteiger partial charge in [-0.25, -0.2) is 0 Å². The number of ether oxygens (including phenoxy) is 1. The van der Waals surface area contributed by atoms with E-state index in [4.69, 9.17) is 16.3 Å². The van der Waals surface area contributed by atoms with Gasteiger partial charge >= 0.3 is 0 Å². The Kier molecular flexibility index (Phi) is 4.33. The normalized spacial score (nSPS) is 10.6. The van der Waals surface area contributed by atoms with Crippen LogP contribution < -0.4 is 4.74 Å². The molecule has 0 atom stereocenters. The van der Waals surface area contributed by atoms with Crippen molar-refractivity contribution in [1.29, 1.82) is 0 Å². The topological polar surface area (TPSA) is 22.1 Å². The van der Waals surface area contributed by atoms with Gasteiger partial charge in [0.05, 0.1) is 5.69 Å². The molecule has 0 unspecified atom stereocenters. The first-order chi connectivity index (χ1) is 6.34. The molecular formula is C10H12ClNO. The Hall–Kier alpha value is -1.02. The van der Waals surface area contributed by atoms with Crippen molar-refractivity contribution in [3.05, 3.63) is 36.2 Å². The summed E-state index contributed by atoms with van der Waals surface area (Å²) >= 11 is 5.46. The lowest BCUT2D eigenvalue weighted by Gasteiger charge is -2.04. The minimum absolute atomic E-state index is 0.523. The molecule has 0 N–H and O–H groups in total. The molecule has 0 amide bonds. The highest BCUT2D eigenvalue weighted by Gasteiger charge is 1.95. The predicted octanol–water partition coefficient (Wildman–Crippen LogP) is 2.56. The summed E-state index contributed by atoms with van der Waals surface area (Å²) in [6.45, 7) is 2.46. The zero-order chi connectivity index (χ0) is 9.52. The fourth-order valence-corrected chi connectivity index (χ4v) is 1.02. The van der Waals surface area contributed by atoms with Gasteiger partial charge in [0.1, 0.15) is 12.4 Å². The lowest BCUT2D eigenvalue weighted by molar-refractivity contribution is 0.358. The lowest BCUT2D eigenvalue weighted by atomic mass is 10.3. The van der Waals surface area contributed by atoms with Crippen molar-refractivity contribution in [2.24, 2.45) is 0 Å². The molecule has 1 rings (SSSR count). The Bertz CT molecular complexity index is 286. The van der Waals surface area contributed by atoms with Crippen molar-refractivity contribution in [2.45, 2.75) is 6.92 Å². The zero-order valence-corrected chi connectivity index (χ0v) is 8.29. The molecule has 0 radical (unpaired) electrons. The van der Waals surface area contributed by atoms with E-state index < -0.39 is 0 Å². The SMILES string of the molecule is Cc1ncccc1OCC=CCCl. The molecule has 0 saturated carbocycles. The molecule has 1 aromatic heterocycles. The average Bonchev–Trinajstić information content (AvgIpc) is 2.15. The Balaban J connectivity index is 2.45. The van der Waals surface area contributed by atoms with Crippen LogP contribution in [0.1, 0.15) is 5.69 Å². The monoisotopic (exact) mass is 197 g/mol. The molecule has 0 aliphatic heterocycles. The number of halogens is 1. The minimum atomic E-state index is 0.523. The Morgan fingerprint density at radius 1 is 1.54 bits per heavy atom. The van der Waals surface area contributed by atoms with Crippen molar-refractivity contribution in [1.82, 2.24) is 4.98 Å². The highest BCUT2D eigenvalue weighted by atomic mass is 35.5. The molecule has 1 aromatic rings. The Labute approximate surface area is 83.2 Å². The molecule has 0 aromatic carbocycles. The second-order valence-electron chi connectivity index (χ2n) is 2.52. The number of alkyl halides is 1. The first-order valence-electron chi connectivity index (χ1n) is 4.10. The molecule has 0 spiro atoms. The summed E-state index contributed by atoms with van der Waals surface area (Å²) in [4.78, 5) is 4.10. The van der Waals surface area contributed by atoms with E-state index >= 15 is 0 Å². The van der Waals surface area contributed by atoms with Gasteiger partial charge in [0, 0.05) is 12.1 Å². The van der Waals surface area contributed by atoms with Crippen LogP contribution in [0.2, 0.25) is 0 Å². The fraction of sp³-hybridized carbons (Fsp3) is 0.300. The van der Waals surface area contributed by atoms with E-state index in [1.54, 1.807) is 6.20 Å². The summed E-state index contributed by atoms with van der Waals surface area (Å²) in [5, 5.41) is 0. The number of allylic oxidation sites excluding steroid dienone is 1.